The van der Waals surface area contributed by atoms with Gasteiger partial charge in [0.05, 0.1) is 18.7 Å². The predicted molar refractivity (Wildman–Crippen MR) is 175 cm³/mol. The van der Waals surface area contributed by atoms with Crippen molar-refractivity contribution in [2.24, 2.45) is 5.92 Å². The van der Waals surface area contributed by atoms with E-state index in [1.54, 1.807) is 36.8 Å². The second-order valence-corrected chi connectivity index (χ2v) is 14.1. The Morgan fingerprint density at radius 2 is 1.66 bits per heavy atom. The normalized spacial score (nSPS) is 20.8. The van der Waals surface area contributed by atoms with Crippen molar-refractivity contribution in [3.8, 4) is 23.1 Å². The van der Waals surface area contributed by atoms with Gasteiger partial charge in [-0.25, -0.2) is 14.6 Å². The lowest BCUT2D eigenvalue weighted by atomic mass is 9.90. The number of carbonyl (C=O) groups excluding carboxylic acids is 3. The van der Waals surface area contributed by atoms with Crippen LogP contribution >= 0.6 is 0 Å². The molecule has 5 rings (SSSR count). The van der Waals surface area contributed by atoms with Crippen LogP contribution in [0.3, 0.4) is 0 Å². The van der Waals surface area contributed by atoms with E-state index in [0.717, 1.165) is 41.5 Å². The number of nitriles is 1. The van der Waals surface area contributed by atoms with Crippen LogP contribution in [0.25, 0.3) is 11.1 Å². The first-order valence-electron chi connectivity index (χ1n) is 16.7. The zero-order valence-electron chi connectivity index (χ0n) is 28.4. The minimum absolute atomic E-state index is 0.0566. The fraction of sp³-hybridized carbons (Fsp3) is 0.583. The fourth-order valence-corrected chi connectivity index (χ4v) is 6.59. The summed E-state index contributed by atoms with van der Waals surface area (Å²) in [4.78, 5) is 48.8. The standard InChI is InChI=1S/C36H47N5O6/c1-23(2)45-34(43)39-16-13-25(14-17-39)24(3)46-32-12-11-28(21-38-32)26-9-10-27-19-31(33(42)40-15-7-8-30(40)20-37)41(22-29(27)18-26)35(44)47-36(4,5)6/h9-12,18,21,23-25,30-31H,7-8,13-17,19,22H2,1-6H3/t24-,30-,31?/m0/s1. The SMILES string of the molecule is CC(C)OC(=O)N1CCC([C@H](C)Oc2ccc(-c3ccc4c(c3)CN(C(=O)OC(C)(C)C)C(C(=O)N3CCC[C@H]3C#N)C4)cn2)CC1. The van der Waals surface area contributed by atoms with Gasteiger partial charge in [-0.2, -0.15) is 5.26 Å². The minimum Gasteiger partial charge on any atom is -0.474 e. The molecule has 1 unspecified atom stereocenters. The van der Waals surface area contributed by atoms with Crippen molar-refractivity contribution in [2.75, 3.05) is 19.6 Å². The number of benzene rings is 1. The van der Waals surface area contributed by atoms with Crippen molar-refractivity contribution >= 4 is 18.1 Å². The molecular formula is C36H47N5O6. The number of fused-ring (bicyclic) bond motifs is 1. The lowest BCUT2D eigenvalue weighted by molar-refractivity contribution is -0.137. The largest absolute Gasteiger partial charge is 0.474 e. The van der Waals surface area contributed by atoms with Crippen molar-refractivity contribution in [3.63, 3.8) is 0 Å². The molecule has 2 fully saturated rings. The highest BCUT2D eigenvalue weighted by Crippen LogP contribution is 2.32. The van der Waals surface area contributed by atoms with Gasteiger partial charge in [0.1, 0.15) is 23.8 Å². The zero-order valence-corrected chi connectivity index (χ0v) is 28.4. The predicted octanol–water partition coefficient (Wildman–Crippen LogP) is 5.95. The van der Waals surface area contributed by atoms with Gasteiger partial charge in [0, 0.05) is 43.9 Å². The average molecular weight is 646 g/mol. The Bertz CT molecular complexity index is 1490. The molecule has 0 N–H and O–H groups in total. The number of carbonyl (C=O) groups is 3. The molecular weight excluding hydrogens is 598 g/mol. The number of piperidine rings is 1. The average Bonchev–Trinajstić information content (AvgIpc) is 3.52. The Balaban J connectivity index is 1.26. The molecule has 1 aromatic carbocycles. The molecule has 47 heavy (non-hydrogen) atoms. The maximum absolute atomic E-state index is 13.7. The summed E-state index contributed by atoms with van der Waals surface area (Å²) in [6.07, 6.45) is 4.24. The van der Waals surface area contributed by atoms with E-state index in [2.05, 4.69) is 11.1 Å². The van der Waals surface area contributed by atoms with Crippen LogP contribution in [0, 0.1) is 17.2 Å². The van der Waals surface area contributed by atoms with Gasteiger partial charge in [0.25, 0.3) is 0 Å². The van der Waals surface area contributed by atoms with Crippen LogP contribution in [0.1, 0.15) is 78.4 Å². The number of rotatable bonds is 6. The number of likely N-dealkylation sites (tertiary alicyclic amines) is 2. The molecule has 11 heteroatoms. The maximum Gasteiger partial charge on any atom is 0.411 e. The smallest absolute Gasteiger partial charge is 0.411 e. The Kier molecular flexibility index (Phi) is 10.3. The summed E-state index contributed by atoms with van der Waals surface area (Å²) < 4.78 is 17.3. The number of ether oxygens (including phenoxy) is 3. The molecule has 3 amide bonds. The van der Waals surface area contributed by atoms with E-state index in [1.807, 2.05) is 51.1 Å². The van der Waals surface area contributed by atoms with E-state index in [-0.39, 0.29) is 30.8 Å². The van der Waals surface area contributed by atoms with E-state index in [1.165, 1.54) is 4.90 Å². The summed E-state index contributed by atoms with van der Waals surface area (Å²) >= 11 is 0. The summed E-state index contributed by atoms with van der Waals surface area (Å²) in [6, 6.07) is 10.9. The molecule has 252 valence electrons. The molecule has 4 heterocycles. The lowest BCUT2D eigenvalue weighted by Crippen LogP contribution is -2.55. The summed E-state index contributed by atoms with van der Waals surface area (Å²) in [6.45, 7) is 13.2. The third-order valence-electron chi connectivity index (χ3n) is 9.11. The Labute approximate surface area is 277 Å². The third kappa shape index (κ3) is 8.16. The van der Waals surface area contributed by atoms with Crippen LogP contribution in [-0.2, 0) is 27.2 Å². The van der Waals surface area contributed by atoms with Crippen LogP contribution in [0.15, 0.2) is 36.5 Å². The summed E-state index contributed by atoms with van der Waals surface area (Å²) in [5.41, 5.74) is 3.05. The first kappa shape index (κ1) is 34.0. The van der Waals surface area contributed by atoms with Gasteiger partial charge >= 0.3 is 12.2 Å². The number of hydrogen-bond donors (Lipinski definition) is 0. The van der Waals surface area contributed by atoms with Gasteiger partial charge in [-0.15, -0.1) is 0 Å². The zero-order chi connectivity index (χ0) is 33.9. The Morgan fingerprint density at radius 3 is 2.30 bits per heavy atom. The fourth-order valence-electron chi connectivity index (χ4n) is 6.59. The number of amides is 3. The van der Waals surface area contributed by atoms with Gasteiger partial charge in [-0.3, -0.25) is 9.69 Å². The number of hydrogen-bond acceptors (Lipinski definition) is 8. The van der Waals surface area contributed by atoms with Crippen molar-refractivity contribution in [2.45, 2.75) is 110 Å². The van der Waals surface area contributed by atoms with Crippen LogP contribution < -0.4 is 4.74 Å². The second-order valence-electron chi connectivity index (χ2n) is 14.1. The van der Waals surface area contributed by atoms with Crippen molar-refractivity contribution in [1.82, 2.24) is 19.7 Å². The van der Waals surface area contributed by atoms with Crippen LogP contribution in [-0.4, -0.2) is 87.3 Å². The molecule has 0 saturated carbocycles. The molecule has 3 aliphatic rings. The first-order valence-corrected chi connectivity index (χ1v) is 16.7. The quantitative estimate of drug-likeness (QED) is 0.378. The van der Waals surface area contributed by atoms with E-state index < -0.39 is 23.8 Å². The third-order valence-corrected chi connectivity index (χ3v) is 9.11. The van der Waals surface area contributed by atoms with Crippen molar-refractivity contribution in [1.29, 1.82) is 5.26 Å². The van der Waals surface area contributed by atoms with Gasteiger partial charge < -0.3 is 24.0 Å². The van der Waals surface area contributed by atoms with Crippen molar-refractivity contribution < 1.29 is 28.6 Å². The number of aromatic nitrogens is 1. The summed E-state index contributed by atoms with van der Waals surface area (Å²) in [5, 5.41) is 9.60. The van der Waals surface area contributed by atoms with E-state index in [0.29, 0.717) is 44.3 Å². The molecule has 11 nitrogen and oxygen atoms in total. The van der Waals surface area contributed by atoms with Crippen LogP contribution in [0.5, 0.6) is 5.88 Å². The first-order chi connectivity index (χ1) is 22.3. The van der Waals surface area contributed by atoms with Crippen molar-refractivity contribution in [3.05, 3.63) is 47.7 Å². The van der Waals surface area contributed by atoms with Crippen LogP contribution in [0.4, 0.5) is 9.59 Å². The molecule has 2 aromatic rings. The molecule has 2 saturated heterocycles. The van der Waals surface area contributed by atoms with E-state index in [9.17, 15) is 19.6 Å². The summed E-state index contributed by atoms with van der Waals surface area (Å²) in [5.74, 6) is 0.638. The molecule has 0 radical (unpaired) electrons. The second kappa shape index (κ2) is 14.2. The minimum atomic E-state index is -0.738. The Morgan fingerprint density at radius 1 is 0.936 bits per heavy atom. The highest BCUT2D eigenvalue weighted by atomic mass is 16.6. The van der Waals surface area contributed by atoms with Gasteiger partial charge in [0.2, 0.25) is 11.8 Å². The maximum atomic E-state index is 13.7. The van der Waals surface area contributed by atoms with E-state index >= 15 is 0 Å². The monoisotopic (exact) mass is 645 g/mol. The van der Waals surface area contributed by atoms with Crippen LogP contribution in [0.2, 0.25) is 0 Å². The topological polar surface area (TPSA) is 125 Å². The highest BCUT2D eigenvalue weighted by molar-refractivity contribution is 5.87. The number of pyridine rings is 1. The molecule has 0 aliphatic carbocycles. The van der Waals surface area contributed by atoms with Gasteiger partial charge in [-0.1, -0.05) is 12.1 Å². The molecule has 0 bridgehead atoms. The molecule has 1 aromatic heterocycles. The lowest BCUT2D eigenvalue weighted by Gasteiger charge is -2.39. The molecule has 3 atom stereocenters. The number of nitrogens with zero attached hydrogens (tertiary/aromatic N) is 5. The summed E-state index contributed by atoms with van der Waals surface area (Å²) in [7, 11) is 0. The Hall–Kier alpha value is -4.33. The highest BCUT2D eigenvalue weighted by Gasteiger charge is 2.42. The van der Waals surface area contributed by atoms with E-state index in [4.69, 9.17) is 14.2 Å². The van der Waals surface area contributed by atoms with Gasteiger partial charge in [-0.05, 0) is 102 Å². The van der Waals surface area contributed by atoms with Gasteiger partial charge in [0.15, 0.2) is 0 Å². The molecule has 0 spiro atoms. The molecule has 3 aliphatic heterocycles.